The van der Waals surface area contributed by atoms with Crippen LogP contribution in [-0.4, -0.2) is 20.9 Å². The molecule has 110 valence electrons. The van der Waals surface area contributed by atoms with Gasteiger partial charge in [-0.2, -0.15) is 0 Å². The van der Waals surface area contributed by atoms with Crippen LogP contribution in [0.5, 0.6) is 0 Å². The van der Waals surface area contributed by atoms with E-state index in [4.69, 9.17) is 0 Å². The monoisotopic (exact) mass is 294 g/mol. The van der Waals surface area contributed by atoms with Crippen LogP contribution in [0.25, 0.3) is 11.4 Å². The van der Waals surface area contributed by atoms with Crippen molar-refractivity contribution in [1.82, 2.24) is 15.0 Å². The highest BCUT2D eigenvalue weighted by atomic mass is 16.1. The van der Waals surface area contributed by atoms with Gasteiger partial charge in [-0.1, -0.05) is 12.1 Å². The number of carbonyl (C=O) groups is 1. The van der Waals surface area contributed by atoms with Gasteiger partial charge in [0.1, 0.15) is 5.82 Å². The number of imidazole rings is 1. The predicted octanol–water partition coefficient (Wildman–Crippen LogP) is 2.33. The minimum Gasteiger partial charge on any atom is -0.342 e. The van der Waals surface area contributed by atoms with Crippen molar-refractivity contribution in [2.24, 2.45) is 0 Å². The average Bonchev–Trinajstić information content (AvgIpc) is 2.95. The molecule has 3 rings (SSSR count). The fourth-order valence-corrected chi connectivity index (χ4v) is 2.09. The highest BCUT2D eigenvalue weighted by Crippen LogP contribution is 2.25. The van der Waals surface area contributed by atoms with Crippen LogP contribution in [0.3, 0.4) is 0 Å². The number of aromatic nitrogens is 3. The van der Waals surface area contributed by atoms with Crippen LogP contribution in [0.2, 0.25) is 0 Å². The molecule has 2 heterocycles. The number of benzene rings is 1. The van der Waals surface area contributed by atoms with Crippen LogP contribution in [0.4, 0.5) is 5.69 Å². The number of amides is 1. The number of aromatic amines is 2. The Kier molecular flexibility index (Phi) is 3.57. The number of carbonyl (C=O) groups excluding carboxylic acids is 1. The number of hydrogen-bond acceptors (Lipinski definition) is 3. The average molecular weight is 294 g/mol. The molecule has 2 aromatic heterocycles. The molecule has 22 heavy (non-hydrogen) atoms. The van der Waals surface area contributed by atoms with E-state index in [0.717, 1.165) is 11.3 Å². The van der Waals surface area contributed by atoms with Crippen molar-refractivity contribution in [2.75, 3.05) is 5.32 Å². The molecule has 0 aliphatic rings. The summed E-state index contributed by atoms with van der Waals surface area (Å²) < 4.78 is 0. The second-order valence-electron chi connectivity index (χ2n) is 4.86. The summed E-state index contributed by atoms with van der Waals surface area (Å²) in [5, 5.41) is 2.83. The summed E-state index contributed by atoms with van der Waals surface area (Å²) in [4.78, 5) is 33.2. The van der Waals surface area contributed by atoms with Gasteiger partial charge < -0.3 is 15.3 Å². The molecule has 0 unspecified atom stereocenters. The maximum Gasteiger partial charge on any atom is 0.257 e. The maximum absolute atomic E-state index is 12.3. The lowest BCUT2D eigenvalue weighted by atomic mass is 10.1. The van der Waals surface area contributed by atoms with Crippen molar-refractivity contribution in [3.8, 4) is 11.4 Å². The molecule has 0 radical (unpaired) electrons. The number of nitrogens with one attached hydrogen (secondary N) is 3. The molecule has 0 saturated carbocycles. The lowest BCUT2D eigenvalue weighted by Crippen LogP contribution is -2.15. The fraction of sp³-hybridized carbons (Fsp3) is 0.0625. The van der Waals surface area contributed by atoms with Crippen molar-refractivity contribution in [3.63, 3.8) is 0 Å². The number of pyridine rings is 1. The molecule has 1 aromatic carbocycles. The summed E-state index contributed by atoms with van der Waals surface area (Å²) in [6.45, 7) is 1.91. The van der Waals surface area contributed by atoms with Crippen molar-refractivity contribution in [2.45, 2.75) is 6.92 Å². The van der Waals surface area contributed by atoms with Crippen LogP contribution in [0.1, 0.15) is 16.1 Å². The predicted molar refractivity (Wildman–Crippen MR) is 83.8 cm³/mol. The molecule has 6 nitrogen and oxygen atoms in total. The number of hydrogen-bond donors (Lipinski definition) is 3. The van der Waals surface area contributed by atoms with Gasteiger partial charge in [0, 0.05) is 29.7 Å². The summed E-state index contributed by atoms with van der Waals surface area (Å²) in [6, 6.07) is 10.2. The quantitative estimate of drug-likeness (QED) is 0.692. The SMILES string of the molecule is Cc1cnc(-c2ccccc2NC(=O)c2ccc(=O)[nH]c2)[nH]1. The normalized spacial score (nSPS) is 10.4. The first-order chi connectivity index (χ1) is 10.6. The first kappa shape index (κ1) is 13.8. The van der Waals surface area contributed by atoms with Gasteiger partial charge in [0.25, 0.3) is 5.91 Å². The Labute approximate surface area is 126 Å². The Morgan fingerprint density at radius 2 is 2.00 bits per heavy atom. The van der Waals surface area contributed by atoms with E-state index in [-0.39, 0.29) is 11.5 Å². The topological polar surface area (TPSA) is 90.6 Å². The number of para-hydroxylation sites is 1. The highest BCUT2D eigenvalue weighted by Gasteiger charge is 2.11. The number of anilines is 1. The van der Waals surface area contributed by atoms with Crippen LogP contribution < -0.4 is 10.9 Å². The number of nitrogens with zero attached hydrogens (tertiary/aromatic N) is 1. The van der Waals surface area contributed by atoms with Crippen LogP contribution in [0.15, 0.2) is 53.6 Å². The third-order valence-electron chi connectivity index (χ3n) is 3.18. The Morgan fingerprint density at radius 3 is 2.68 bits per heavy atom. The van der Waals surface area contributed by atoms with Gasteiger partial charge in [-0.25, -0.2) is 4.98 Å². The summed E-state index contributed by atoms with van der Waals surface area (Å²) in [7, 11) is 0. The lowest BCUT2D eigenvalue weighted by Gasteiger charge is -2.09. The molecule has 0 atom stereocenters. The molecule has 0 aliphatic heterocycles. The van der Waals surface area contributed by atoms with E-state index in [1.165, 1.54) is 18.3 Å². The highest BCUT2D eigenvalue weighted by molar-refractivity contribution is 6.05. The Hall–Kier alpha value is -3.15. The summed E-state index contributed by atoms with van der Waals surface area (Å²) in [6.07, 6.45) is 3.12. The summed E-state index contributed by atoms with van der Waals surface area (Å²) >= 11 is 0. The van der Waals surface area contributed by atoms with Gasteiger partial charge in [-0.3, -0.25) is 9.59 Å². The van der Waals surface area contributed by atoms with E-state index in [1.54, 1.807) is 12.3 Å². The van der Waals surface area contributed by atoms with E-state index < -0.39 is 0 Å². The largest absolute Gasteiger partial charge is 0.342 e. The second-order valence-corrected chi connectivity index (χ2v) is 4.86. The van der Waals surface area contributed by atoms with Gasteiger partial charge in [-0.05, 0) is 25.1 Å². The summed E-state index contributed by atoms with van der Waals surface area (Å²) in [5.74, 6) is 0.391. The van der Waals surface area contributed by atoms with Gasteiger partial charge in [0.2, 0.25) is 5.56 Å². The van der Waals surface area contributed by atoms with Gasteiger partial charge in [0.05, 0.1) is 11.3 Å². The smallest absolute Gasteiger partial charge is 0.257 e. The minimum absolute atomic E-state index is 0.247. The van der Waals surface area contributed by atoms with Crippen molar-refractivity contribution < 1.29 is 4.79 Å². The first-order valence-electron chi connectivity index (χ1n) is 6.74. The van der Waals surface area contributed by atoms with E-state index in [9.17, 15) is 9.59 Å². The van der Waals surface area contributed by atoms with Gasteiger partial charge in [0.15, 0.2) is 0 Å². The van der Waals surface area contributed by atoms with Crippen molar-refractivity contribution in [3.05, 3.63) is 70.4 Å². The van der Waals surface area contributed by atoms with Crippen LogP contribution in [0, 0.1) is 6.92 Å². The maximum atomic E-state index is 12.3. The zero-order valence-electron chi connectivity index (χ0n) is 11.9. The fourth-order valence-electron chi connectivity index (χ4n) is 2.09. The third-order valence-corrected chi connectivity index (χ3v) is 3.18. The lowest BCUT2D eigenvalue weighted by molar-refractivity contribution is 0.102. The Bertz CT molecular complexity index is 859. The van der Waals surface area contributed by atoms with Crippen molar-refractivity contribution >= 4 is 11.6 Å². The molecule has 0 fully saturated rings. The Balaban J connectivity index is 1.91. The van der Waals surface area contributed by atoms with Crippen molar-refractivity contribution in [1.29, 1.82) is 0 Å². The van der Waals surface area contributed by atoms with Crippen LogP contribution >= 0.6 is 0 Å². The number of rotatable bonds is 3. The van der Waals surface area contributed by atoms with Gasteiger partial charge >= 0.3 is 0 Å². The zero-order valence-corrected chi connectivity index (χ0v) is 11.9. The molecule has 0 bridgehead atoms. The van der Waals surface area contributed by atoms with E-state index in [0.29, 0.717) is 17.1 Å². The molecule has 3 aromatic rings. The molecule has 6 heteroatoms. The van der Waals surface area contributed by atoms with E-state index in [1.807, 2.05) is 25.1 Å². The Morgan fingerprint density at radius 1 is 1.18 bits per heavy atom. The molecular weight excluding hydrogens is 280 g/mol. The molecule has 0 saturated heterocycles. The zero-order chi connectivity index (χ0) is 15.5. The molecule has 0 spiro atoms. The molecule has 3 N–H and O–H groups in total. The second kappa shape index (κ2) is 5.69. The molecule has 0 aliphatic carbocycles. The van der Waals surface area contributed by atoms with Gasteiger partial charge in [-0.15, -0.1) is 0 Å². The van der Waals surface area contributed by atoms with E-state index >= 15 is 0 Å². The number of H-pyrrole nitrogens is 2. The van der Waals surface area contributed by atoms with Crippen LogP contribution in [-0.2, 0) is 0 Å². The standard InChI is InChI=1S/C16H14N4O2/c1-10-8-18-15(19-10)12-4-2-3-5-13(12)20-16(22)11-6-7-14(21)17-9-11/h2-9H,1H3,(H,17,21)(H,18,19)(H,20,22). The molecular formula is C16H14N4O2. The first-order valence-corrected chi connectivity index (χ1v) is 6.74. The molecule has 1 amide bonds. The number of aryl methyl sites for hydroxylation is 1. The summed E-state index contributed by atoms with van der Waals surface area (Å²) in [5.41, 5.74) is 2.52. The van der Waals surface area contributed by atoms with E-state index in [2.05, 4.69) is 20.3 Å². The minimum atomic E-state index is -0.299. The third kappa shape index (κ3) is 2.80.